The highest BCUT2D eigenvalue weighted by Crippen LogP contribution is 2.41. The molecule has 1 aromatic heterocycles. The topological polar surface area (TPSA) is 128 Å². The van der Waals surface area contributed by atoms with E-state index in [-0.39, 0.29) is 23.8 Å². The summed E-state index contributed by atoms with van der Waals surface area (Å²) in [5, 5.41) is 2.45. The third-order valence-electron chi connectivity index (χ3n) is 4.95. The number of amides is 2. The lowest BCUT2D eigenvalue weighted by atomic mass is 9.80. The van der Waals surface area contributed by atoms with Gasteiger partial charge in [-0.15, -0.1) is 0 Å². The molecule has 2 aliphatic rings. The molecule has 1 aliphatic carbocycles. The third-order valence-corrected chi connectivity index (χ3v) is 6.93. The van der Waals surface area contributed by atoms with Gasteiger partial charge < -0.3 is 15.8 Å². The first-order valence-electron chi connectivity index (χ1n) is 8.89. The SMILES string of the molecule is NC(=O)CC1(NC(=O)c2cc(OCC(F)(F)F)c(C3CCC3)cn2)CS(=O)(=O)C1. The van der Waals surface area contributed by atoms with Gasteiger partial charge in [0, 0.05) is 17.8 Å². The van der Waals surface area contributed by atoms with Gasteiger partial charge in [0.05, 0.1) is 23.5 Å². The second kappa shape index (κ2) is 7.47. The predicted octanol–water partition coefficient (Wildman–Crippen LogP) is 1.06. The first kappa shape index (κ1) is 21.3. The van der Waals surface area contributed by atoms with Gasteiger partial charge in [0.15, 0.2) is 16.4 Å². The number of hydrogen-bond acceptors (Lipinski definition) is 6. The van der Waals surface area contributed by atoms with Crippen molar-refractivity contribution in [2.45, 2.75) is 43.3 Å². The molecule has 3 N–H and O–H groups in total. The summed E-state index contributed by atoms with van der Waals surface area (Å²) in [6, 6.07) is 1.11. The summed E-state index contributed by atoms with van der Waals surface area (Å²) in [5.41, 5.74) is 4.06. The molecule has 0 bridgehead atoms. The molecule has 29 heavy (non-hydrogen) atoms. The normalized spacial score (nSPS) is 20.2. The summed E-state index contributed by atoms with van der Waals surface area (Å²) in [7, 11) is -3.40. The second-order valence-electron chi connectivity index (χ2n) is 7.55. The van der Waals surface area contributed by atoms with Gasteiger partial charge in [-0.05, 0) is 18.8 Å². The molecule has 0 atom stereocenters. The van der Waals surface area contributed by atoms with Gasteiger partial charge in [-0.3, -0.25) is 14.6 Å². The number of pyridine rings is 1. The Kier molecular flexibility index (Phi) is 5.50. The van der Waals surface area contributed by atoms with Gasteiger partial charge in [-0.25, -0.2) is 8.42 Å². The zero-order chi connectivity index (χ0) is 21.4. The summed E-state index contributed by atoms with van der Waals surface area (Å²) in [5.74, 6) is -2.59. The van der Waals surface area contributed by atoms with E-state index in [0.29, 0.717) is 5.56 Å². The fourth-order valence-electron chi connectivity index (χ4n) is 3.54. The van der Waals surface area contributed by atoms with Crippen LogP contribution in [0.5, 0.6) is 5.75 Å². The molecular formula is C17H20F3N3O5S. The smallest absolute Gasteiger partial charge is 0.422 e. The van der Waals surface area contributed by atoms with Crippen molar-refractivity contribution in [1.82, 2.24) is 10.3 Å². The number of primary amides is 1. The van der Waals surface area contributed by atoms with Gasteiger partial charge in [0.2, 0.25) is 5.91 Å². The van der Waals surface area contributed by atoms with E-state index >= 15 is 0 Å². The number of carbonyl (C=O) groups excluding carboxylic acids is 2. The summed E-state index contributed by atoms with van der Waals surface area (Å²) in [6.45, 7) is -1.51. The Bertz CT molecular complexity index is 917. The van der Waals surface area contributed by atoms with E-state index < -0.39 is 51.5 Å². The summed E-state index contributed by atoms with van der Waals surface area (Å²) in [6.07, 6.45) is -1.10. The molecule has 0 unspecified atom stereocenters. The summed E-state index contributed by atoms with van der Waals surface area (Å²) < 4.78 is 65.7. The summed E-state index contributed by atoms with van der Waals surface area (Å²) in [4.78, 5) is 27.8. The standard InChI is InChI=1S/C17H20F3N3O5S/c18-17(19,20)7-28-13-4-12(22-6-11(13)10-2-1-3-10)15(25)23-16(5-14(21)24)8-29(26,27)9-16/h4,6,10H,1-3,5,7-9H2,(H2,21,24)(H,23,25). The van der Waals surface area contributed by atoms with Crippen LogP contribution in [-0.4, -0.2) is 55.0 Å². The van der Waals surface area contributed by atoms with Crippen molar-refractivity contribution >= 4 is 21.7 Å². The Morgan fingerprint density at radius 3 is 2.45 bits per heavy atom. The van der Waals surface area contributed by atoms with Crippen molar-refractivity contribution in [3.63, 3.8) is 0 Å². The number of nitrogens with two attached hydrogens (primary N) is 1. The van der Waals surface area contributed by atoms with Crippen LogP contribution in [0.1, 0.15) is 47.7 Å². The molecule has 2 amide bonds. The molecule has 160 valence electrons. The van der Waals surface area contributed by atoms with Gasteiger partial charge in [0.25, 0.3) is 5.91 Å². The largest absolute Gasteiger partial charge is 0.484 e. The lowest BCUT2D eigenvalue weighted by molar-refractivity contribution is -0.153. The Hall–Kier alpha value is -2.37. The average molecular weight is 435 g/mol. The molecule has 1 aromatic rings. The number of nitrogens with zero attached hydrogens (tertiary/aromatic N) is 1. The number of halogens is 3. The van der Waals surface area contributed by atoms with Crippen LogP contribution < -0.4 is 15.8 Å². The van der Waals surface area contributed by atoms with Crippen molar-refractivity contribution in [3.8, 4) is 5.75 Å². The van der Waals surface area contributed by atoms with E-state index in [9.17, 15) is 31.2 Å². The lowest BCUT2D eigenvalue weighted by Crippen LogP contribution is -2.66. The van der Waals surface area contributed by atoms with Gasteiger partial charge >= 0.3 is 6.18 Å². The second-order valence-corrected chi connectivity index (χ2v) is 9.61. The number of carbonyl (C=O) groups is 2. The van der Waals surface area contributed by atoms with Crippen LogP contribution >= 0.6 is 0 Å². The minimum Gasteiger partial charge on any atom is -0.484 e. The van der Waals surface area contributed by atoms with Crippen molar-refractivity contribution in [1.29, 1.82) is 0 Å². The lowest BCUT2D eigenvalue weighted by Gasteiger charge is -2.40. The van der Waals surface area contributed by atoms with Gasteiger partial charge in [-0.1, -0.05) is 6.42 Å². The maximum Gasteiger partial charge on any atom is 0.422 e. The van der Waals surface area contributed by atoms with Crippen molar-refractivity contribution in [2.75, 3.05) is 18.1 Å². The minimum atomic E-state index is -4.55. The minimum absolute atomic E-state index is 0.0147. The van der Waals surface area contributed by atoms with Crippen molar-refractivity contribution in [2.24, 2.45) is 5.73 Å². The van der Waals surface area contributed by atoms with Crippen LogP contribution in [0.15, 0.2) is 12.3 Å². The number of aromatic nitrogens is 1. The van der Waals surface area contributed by atoms with E-state index in [4.69, 9.17) is 10.5 Å². The molecule has 1 saturated carbocycles. The van der Waals surface area contributed by atoms with Gasteiger partial charge in [0.1, 0.15) is 11.4 Å². The highest BCUT2D eigenvalue weighted by atomic mass is 32.2. The molecule has 0 aromatic carbocycles. The Morgan fingerprint density at radius 2 is 1.97 bits per heavy atom. The van der Waals surface area contributed by atoms with E-state index in [1.165, 1.54) is 6.20 Å². The van der Waals surface area contributed by atoms with Gasteiger partial charge in [-0.2, -0.15) is 13.2 Å². The Morgan fingerprint density at radius 1 is 1.31 bits per heavy atom. The van der Waals surface area contributed by atoms with Crippen molar-refractivity contribution in [3.05, 3.63) is 23.5 Å². The molecule has 2 fully saturated rings. The molecule has 8 nitrogen and oxygen atoms in total. The van der Waals surface area contributed by atoms with Crippen LogP contribution in [0.2, 0.25) is 0 Å². The number of alkyl halides is 3. The highest BCUT2D eigenvalue weighted by Gasteiger charge is 2.50. The van der Waals surface area contributed by atoms with Crippen LogP contribution in [-0.2, 0) is 14.6 Å². The Balaban J connectivity index is 1.81. The van der Waals surface area contributed by atoms with E-state index in [0.717, 1.165) is 25.3 Å². The molecule has 1 saturated heterocycles. The average Bonchev–Trinajstić information content (AvgIpc) is 2.48. The first-order valence-corrected chi connectivity index (χ1v) is 10.7. The zero-order valence-electron chi connectivity index (χ0n) is 15.3. The molecule has 12 heteroatoms. The summed E-state index contributed by atoms with van der Waals surface area (Å²) >= 11 is 0. The molecular weight excluding hydrogens is 415 g/mol. The number of sulfone groups is 1. The number of rotatable bonds is 7. The molecule has 1 aliphatic heterocycles. The van der Waals surface area contributed by atoms with E-state index in [2.05, 4.69) is 10.3 Å². The van der Waals surface area contributed by atoms with Crippen molar-refractivity contribution < 1.29 is 35.9 Å². The fourth-order valence-corrected chi connectivity index (χ4v) is 5.49. The van der Waals surface area contributed by atoms with E-state index in [1.807, 2.05) is 0 Å². The fraction of sp³-hybridized carbons (Fsp3) is 0.588. The van der Waals surface area contributed by atoms with Crippen LogP contribution in [0.25, 0.3) is 0 Å². The molecule has 2 heterocycles. The highest BCUT2D eigenvalue weighted by molar-refractivity contribution is 7.93. The molecule has 0 radical (unpaired) electrons. The Labute approximate surface area is 164 Å². The number of hydrogen-bond donors (Lipinski definition) is 2. The predicted molar refractivity (Wildman–Crippen MR) is 95.0 cm³/mol. The number of ether oxygens (including phenoxy) is 1. The molecule has 3 rings (SSSR count). The maximum absolute atomic E-state index is 12.6. The number of nitrogens with one attached hydrogen (secondary N) is 1. The third kappa shape index (κ3) is 5.17. The van der Waals surface area contributed by atoms with Crippen LogP contribution in [0.4, 0.5) is 13.2 Å². The quantitative estimate of drug-likeness (QED) is 0.659. The van der Waals surface area contributed by atoms with Crippen LogP contribution in [0, 0.1) is 0 Å². The van der Waals surface area contributed by atoms with E-state index in [1.54, 1.807) is 0 Å². The molecule has 0 spiro atoms. The van der Waals surface area contributed by atoms with Crippen LogP contribution in [0.3, 0.4) is 0 Å². The zero-order valence-corrected chi connectivity index (χ0v) is 16.1. The monoisotopic (exact) mass is 435 g/mol. The first-order chi connectivity index (χ1) is 13.4. The maximum atomic E-state index is 12.6.